The van der Waals surface area contributed by atoms with Crippen LogP contribution in [0.5, 0.6) is 0 Å². The molecular weight excluding hydrogens is 345 g/mol. The number of carbonyl (C=O) groups excluding carboxylic acids is 1. The van der Waals surface area contributed by atoms with Crippen LogP contribution in [0, 0.1) is 25.6 Å². The van der Waals surface area contributed by atoms with E-state index < -0.39 is 0 Å². The van der Waals surface area contributed by atoms with Crippen molar-refractivity contribution in [2.75, 3.05) is 18.0 Å². The molecule has 0 N–H and O–H groups in total. The minimum atomic E-state index is -0.216. The molecule has 0 spiro atoms. The van der Waals surface area contributed by atoms with E-state index in [0.29, 0.717) is 35.5 Å². The van der Waals surface area contributed by atoms with Gasteiger partial charge in [-0.25, -0.2) is 4.39 Å². The summed E-state index contributed by atoms with van der Waals surface area (Å²) in [5.74, 6) is 0.775. The average Bonchev–Trinajstić information content (AvgIpc) is 3.09. The van der Waals surface area contributed by atoms with Crippen LogP contribution in [0.2, 0.25) is 0 Å². The van der Waals surface area contributed by atoms with Crippen molar-refractivity contribution >= 4 is 11.6 Å². The topological polar surface area (TPSA) is 49.6 Å². The van der Waals surface area contributed by atoms with E-state index in [2.05, 4.69) is 23.9 Å². The molecule has 3 heterocycles. The summed E-state index contributed by atoms with van der Waals surface area (Å²) in [6.45, 7) is 9.50. The highest BCUT2D eigenvalue weighted by Gasteiger charge is 2.48. The van der Waals surface area contributed by atoms with E-state index in [1.165, 1.54) is 12.1 Å². The lowest BCUT2D eigenvalue weighted by Crippen LogP contribution is -2.50. The zero-order valence-corrected chi connectivity index (χ0v) is 16.3. The molecule has 2 aromatic rings. The fraction of sp³-hybridized carbons (Fsp3) is 0.524. The summed E-state index contributed by atoms with van der Waals surface area (Å²) in [7, 11) is 0. The van der Waals surface area contributed by atoms with Gasteiger partial charge in [0.15, 0.2) is 0 Å². The number of carbonyl (C=O) groups is 1. The minimum absolute atomic E-state index is 0.0164. The number of fused-ring (bicyclic) bond motifs is 1. The van der Waals surface area contributed by atoms with Crippen molar-refractivity contribution in [3.63, 3.8) is 0 Å². The fourth-order valence-electron chi connectivity index (χ4n) is 5.02. The van der Waals surface area contributed by atoms with Crippen LogP contribution in [-0.2, 0) is 0 Å². The monoisotopic (exact) mass is 371 g/mol. The molecule has 2 fully saturated rings. The van der Waals surface area contributed by atoms with E-state index >= 15 is 0 Å². The molecule has 27 heavy (non-hydrogen) atoms. The van der Waals surface area contributed by atoms with Crippen LogP contribution in [0.1, 0.15) is 48.5 Å². The van der Waals surface area contributed by atoms with Gasteiger partial charge in [-0.05, 0) is 70.7 Å². The van der Waals surface area contributed by atoms with Crippen LogP contribution in [0.3, 0.4) is 0 Å². The number of anilines is 1. The first kappa shape index (κ1) is 18.0. The molecule has 2 aliphatic heterocycles. The van der Waals surface area contributed by atoms with Gasteiger partial charge in [0.05, 0.1) is 5.69 Å². The standard InChI is InChI=1S/C21H26FN3O2/c1-13-19(14(2)27-23-13)20(26)24-10-9-18-15(12-24)11-21(3,4)25(18)17-7-5-16(22)6-8-17/h5-8,15,18H,9-12H2,1-4H3/t15-,18+/m1/s1. The van der Waals surface area contributed by atoms with Gasteiger partial charge in [-0.15, -0.1) is 0 Å². The summed E-state index contributed by atoms with van der Waals surface area (Å²) in [6, 6.07) is 7.13. The minimum Gasteiger partial charge on any atom is -0.363 e. The number of hydrogen-bond donors (Lipinski definition) is 0. The van der Waals surface area contributed by atoms with Crippen LogP contribution in [0.25, 0.3) is 0 Å². The lowest BCUT2D eigenvalue weighted by atomic mass is 9.89. The Labute approximate surface area is 159 Å². The Morgan fingerprint density at radius 2 is 1.96 bits per heavy atom. The second-order valence-corrected chi connectivity index (χ2v) is 8.43. The molecule has 0 saturated carbocycles. The Bertz CT molecular complexity index is 839. The molecule has 4 rings (SSSR count). The molecule has 5 nitrogen and oxygen atoms in total. The maximum Gasteiger partial charge on any atom is 0.259 e. The number of amides is 1. The Kier molecular flexibility index (Phi) is 4.24. The number of rotatable bonds is 2. The molecule has 0 radical (unpaired) electrons. The number of piperidine rings is 1. The van der Waals surface area contributed by atoms with E-state index in [1.54, 1.807) is 6.92 Å². The molecule has 6 heteroatoms. The molecule has 2 saturated heterocycles. The van der Waals surface area contributed by atoms with Gasteiger partial charge in [-0.3, -0.25) is 4.79 Å². The van der Waals surface area contributed by atoms with Gasteiger partial charge in [0.1, 0.15) is 17.1 Å². The Balaban J connectivity index is 1.56. The van der Waals surface area contributed by atoms with E-state index in [-0.39, 0.29) is 17.3 Å². The van der Waals surface area contributed by atoms with Crippen molar-refractivity contribution in [2.45, 2.75) is 52.1 Å². The summed E-state index contributed by atoms with van der Waals surface area (Å²) in [5.41, 5.74) is 2.27. The highest BCUT2D eigenvalue weighted by atomic mass is 19.1. The Morgan fingerprint density at radius 1 is 1.26 bits per heavy atom. The summed E-state index contributed by atoms with van der Waals surface area (Å²) in [6.07, 6.45) is 1.90. The second-order valence-electron chi connectivity index (χ2n) is 8.43. The molecule has 144 valence electrons. The zero-order chi connectivity index (χ0) is 19.3. The van der Waals surface area contributed by atoms with Gasteiger partial charge in [-0.1, -0.05) is 5.16 Å². The van der Waals surface area contributed by atoms with Crippen LogP contribution in [0.4, 0.5) is 10.1 Å². The normalized spacial score (nSPS) is 24.2. The van der Waals surface area contributed by atoms with Crippen molar-refractivity contribution in [3.05, 3.63) is 47.1 Å². The Morgan fingerprint density at radius 3 is 2.59 bits per heavy atom. The maximum absolute atomic E-state index is 13.4. The number of halogens is 1. The van der Waals surface area contributed by atoms with E-state index in [1.807, 2.05) is 24.0 Å². The van der Waals surface area contributed by atoms with Gasteiger partial charge >= 0.3 is 0 Å². The third kappa shape index (κ3) is 3.01. The van der Waals surface area contributed by atoms with Crippen LogP contribution in [-0.4, -0.2) is 40.6 Å². The number of likely N-dealkylation sites (tertiary alicyclic amines) is 1. The fourth-order valence-corrected chi connectivity index (χ4v) is 5.02. The summed E-state index contributed by atoms with van der Waals surface area (Å²) in [4.78, 5) is 17.4. The number of nitrogens with zero attached hydrogens (tertiary/aromatic N) is 3. The second kappa shape index (κ2) is 6.36. The first-order valence-electron chi connectivity index (χ1n) is 9.55. The lowest BCUT2D eigenvalue weighted by Gasteiger charge is -2.41. The average molecular weight is 371 g/mol. The van der Waals surface area contributed by atoms with Crippen LogP contribution >= 0.6 is 0 Å². The van der Waals surface area contributed by atoms with Crippen LogP contribution < -0.4 is 4.90 Å². The predicted octanol–water partition coefficient (Wildman–Crippen LogP) is 3.95. The SMILES string of the molecule is Cc1noc(C)c1C(=O)N1CC[C@H]2[C@@H](C1)CC(C)(C)N2c1ccc(F)cc1. The maximum atomic E-state index is 13.4. The highest BCUT2D eigenvalue weighted by molar-refractivity contribution is 5.96. The summed E-state index contributed by atoms with van der Waals surface area (Å²) >= 11 is 0. The third-order valence-corrected chi connectivity index (χ3v) is 6.08. The molecule has 2 atom stereocenters. The first-order valence-corrected chi connectivity index (χ1v) is 9.55. The molecule has 1 aromatic heterocycles. The number of aromatic nitrogens is 1. The smallest absolute Gasteiger partial charge is 0.259 e. The molecule has 2 aliphatic rings. The van der Waals surface area contributed by atoms with E-state index in [4.69, 9.17) is 4.52 Å². The summed E-state index contributed by atoms with van der Waals surface area (Å²) < 4.78 is 18.5. The molecule has 0 aliphatic carbocycles. The highest BCUT2D eigenvalue weighted by Crippen LogP contribution is 2.44. The van der Waals surface area contributed by atoms with E-state index in [0.717, 1.165) is 25.1 Å². The number of benzene rings is 1. The predicted molar refractivity (Wildman–Crippen MR) is 101 cm³/mol. The molecular formula is C21H26FN3O2. The third-order valence-electron chi connectivity index (χ3n) is 6.08. The molecule has 0 unspecified atom stereocenters. The quantitative estimate of drug-likeness (QED) is 0.802. The van der Waals surface area contributed by atoms with E-state index in [9.17, 15) is 9.18 Å². The molecule has 1 amide bonds. The van der Waals surface area contributed by atoms with Gasteiger partial charge in [0.25, 0.3) is 5.91 Å². The van der Waals surface area contributed by atoms with Gasteiger partial charge in [0, 0.05) is 30.4 Å². The largest absolute Gasteiger partial charge is 0.363 e. The van der Waals surface area contributed by atoms with Gasteiger partial charge < -0.3 is 14.3 Å². The van der Waals surface area contributed by atoms with Gasteiger partial charge in [-0.2, -0.15) is 0 Å². The summed E-state index contributed by atoms with van der Waals surface area (Å²) in [5, 5.41) is 3.92. The lowest BCUT2D eigenvalue weighted by molar-refractivity contribution is 0.0665. The number of aryl methyl sites for hydroxylation is 2. The molecule has 1 aromatic carbocycles. The number of hydrogen-bond acceptors (Lipinski definition) is 4. The van der Waals surface area contributed by atoms with Crippen LogP contribution in [0.15, 0.2) is 28.8 Å². The van der Waals surface area contributed by atoms with Gasteiger partial charge in [0.2, 0.25) is 0 Å². The van der Waals surface area contributed by atoms with Crippen molar-refractivity contribution in [1.82, 2.24) is 10.1 Å². The zero-order valence-electron chi connectivity index (χ0n) is 16.3. The molecule has 0 bridgehead atoms. The first-order chi connectivity index (χ1) is 12.8. The van der Waals surface area contributed by atoms with Crippen molar-refractivity contribution < 1.29 is 13.7 Å². The van der Waals surface area contributed by atoms with Crippen molar-refractivity contribution in [2.24, 2.45) is 5.92 Å². The van der Waals surface area contributed by atoms with Crippen molar-refractivity contribution in [1.29, 1.82) is 0 Å². The van der Waals surface area contributed by atoms with Crippen molar-refractivity contribution in [3.8, 4) is 0 Å². The Hall–Kier alpha value is -2.37.